The Morgan fingerprint density at radius 1 is 1.15 bits per heavy atom. The van der Waals surface area contributed by atoms with E-state index in [2.05, 4.69) is 41.6 Å². The summed E-state index contributed by atoms with van der Waals surface area (Å²) in [6, 6.07) is 15.3. The Morgan fingerprint density at radius 3 is 2.67 bits per heavy atom. The average molecular weight is 546 g/mol. The van der Waals surface area contributed by atoms with Crippen molar-refractivity contribution < 1.29 is 9.18 Å². The molecule has 0 fully saturated rings. The molecule has 1 amide bonds. The number of amides is 1. The lowest BCUT2D eigenvalue weighted by molar-refractivity contribution is -0.118. The van der Waals surface area contributed by atoms with Gasteiger partial charge >= 0.3 is 0 Å². The van der Waals surface area contributed by atoms with Gasteiger partial charge in [0.15, 0.2) is 11.0 Å². The number of hydrogen-bond acceptors (Lipinski definition) is 6. The number of nitrogens with one attached hydrogen (secondary N) is 1. The van der Waals surface area contributed by atoms with Crippen molar-refractivity contribution in [3.8, 4) is 17.1 Å². The third-order valence-corrected chi connectivity index (χ3v) is 6.01. The highest BCUT2D eigenvalue weighted by atomic mass is 79.9. The number of nitrogens with zero attached hydrogens (tertiary/aromatic N) is 5. The van der Waals surface area contributed by atoms with E-state index in [4.69, 9.17) is 11.6 Å². The van der Waals surface area contributed by atoms with Gasteiger partial charge < -0.3 is 0 Å². The van der Waals surface area contributed by atoms with Gasteiger partial charge in [-0.05, 0) is 54.6 Å². The molecule has 33 heavy (non-hydrogen) atoms. The Bertz CT molecular complexity index is 1300. The van der Waals surface area contributed by atoms with E-state index in [9.17, 15) is 9.18 Å². The van der Waals surface area contributed by atoms with Crippen LogP contribution in [-0.4, -0.2) is 37.6 Å². The maximum Gasteiger partial charge on any atom is 0.250 e. The van der Waals surface area contributed by atoms with Crippen molar-refractivity contribution in [2.24, 2.45) is 5.10 Å². The summed E-state index contributed by atoms with van der Waals surface area (Å²) in [5.41, 5.74) is 4.27. The molecule has 0 spiro atoms. The van der Waals surface area contributed by atoms with Crippen LogP contribution in [0.5, 0.6) is 0 Å². The van der Waals surface area contributed by atoms with Crippen molar-refractivity contribution in [2.45, 2.75) is 5.16 Å². The van der Waals surface area contributed by atoms with Crippen LogP contribution < -0.4 is 5.43 Å². The third kappa shape index (κ3) is 5.84. The van der Waals surface area contributed by atoms with E-state index in [1.54, 1.807) is 36.7 Å². The number of benzene rings is 2. The van der Waals surface area contributed by atoms with E-state index >= 15 is 0 Å². The van der Waals surface area contributed by atoms with Crippen LogP contribution in [0.15, 0.2) is 81.7 Å². The lowest BCUT2D eigenvalue weighted by Gasteiger charge is -2.10. The van der Waals surface area contributed by atoms with Crippen molar-refractivity contribution in [1.29, 1.82) is 0 Å². The molecule has 11 heteroatoms. The Balaban J connectivity index is 1.50. The fourth-order valence-corrected chi connectivity index (χ4v) is 4.07. The summed E-state index contributed by atoms with van der Waals surface area (Å²) < 4.78 is 16.3. The molecule has 2 aromatic heterocycles. The molecule has 0 saturated carbocycles. The first-order valence-corrected chi connectivity index (χ1v) is 11.7. The molecule has 0 bridgehead atoms. The molecule has 2 heterocycles. The predicted molar refractivity (Wildman–Crippen MR) is 130 cm³/mol. The molecule has 0 aliphatic carbocycles. The van der Waals surface area contributed by atoms with Gasteiger partial charge in [-0.15, -0.1) is 10.2 Å². The number of halogens is 3. The lowest BCUT2D eigenvalue weighted by Crippen LogP contribution is -2.20. The van der Waals surface area contributed by atoms with E-state index in [1.807, 2.05) is 28.8 Å². The van der Waals surface area contributed by atoms with Crippen LogP contribution in [0.1, 0.15) is 5.56 Å². The van der Waals surface area contributed by atoms with Crippen LogP contribution in [0.25, 0.3) is 17.1 Å². The Kier molecular flexibility index (Phi) is 7.48. The van der Waals surface area contributed by atoms with Gasteiger partial charge in [-0.3, -0.25) is 14.3 Å². The topological polar surface area (TPSA) is 85.1 Å². The van der Waals surface area contributed by atoms with E-state index < -0.39 is 5.82 Å². The van der Waals surface area contributed by atoms with Crippen molar-refractivity contribution in [3.63, 3.8) is 0 Å². The van der Waals surface area contributed by atoms with Crippen molar-refractivity contribution in [2.75, 3.05) is 5.75 Å². The molecule has 0 aliphatic heterocycles. The Labute approximate surface area is 206 Å². The molecular weight excluding hydrogens is 531 g/mol. The first kappa shape index (κ1) is 23.1. The maximum absolute atomic E-state index is 13.8. The van der Waals surface area contributed by atoms with Gasteiger partial charge in [-0.2, -0.15) is 5.10 Å². The summed E-state index contributed by atoms with van der Waals surface area (Å²) in [5.74, 6) is -0.181. The van der Waals surface area contributed by atoms with Crippen molar-refractivity contribution >= 4 is 51.4 Å². The fraction of sp³-hybridized carbons (Fsp3) is 0.0455. The highest BCUT2D eigenvalue weighted by Crippen LogP contribution is 2.28. The third-order valence-electron chi connectivity index (χ3n) is 4.34. The molecule has 0 aliphatic rings. The molecule has 0 atom stereocenters. The zero-order valence-corrected chi connectivity index (χ0v) is 20.0. The van der Waals surface area contributed by atoms with Gasteiger partial charge in [0, 0.05) is 38.7 Å². The number of aromatic nitrogens is 4. The minimum atomic E-state index is -0.440. The highest BCUT2D eigenvalue weighted by Gasteiger charge is 2.17. The molecule has 0 saturated heterocycles. The smallest absolute Gasteiger partial charge is 0.250 e. The number of rotatable bonds is 7. The predicted octanol–water partition coefficient (Wildman–Crippen LogP) is 5.13. The second-order valence-electron chi connectivity index (χ2n) is 6.60. The molecule has 0 radical (unpaired) electrons. The molecule has 1 N–H and O–H groups in total. The van der Waals surface area contributed by atoms with Crippen LogP contribution >= 0.6 is 39.3 Å². The number of thioether (sulfide) groups is 1. The zero-order valence-electron chi connectivity index (χ0n) is 16.8. The standard InChI is InChI=1S/C22H15BrClFN6OS/c23-16-1-6-19(25)15(11-16)12-27-28-20(32)13-33-22-30-29-21(14-7-9-26-10-8-14)31(22)18-4-2-17(24)3-5-18/h1-12H,13H2,(H,28,32)/b27-12+. The van der Waals surface area contributed by atoms with Crippen LogP contribution in [0.4, 0.5) is 4.39 Å². The van der Waals surface area contributed by atoms with Crippen LogP contribution in [0.2, 0.25) is 5.02 Å². The summed E-state index contributed by atoms with van der Waals surface area (Å²) in [4.78, 5) is 16.3. The zero-order chi connectivity index (χ0) is 23.2. The number of hydrazone groups is 1. The number of hydrogen-bond donors (Lipinski definition) is 1. The Hall–Kier alpha value is -3.08. The summed E-state index contributed by atoms with van der Waals surface area (Å²) in [6.45, 7) is 0. The SMILES string of the molecule is O=C(CSc1nnc(-c2ccncc2)n1-c1ccc(Cl)cc1)N/N=C/c1cc(Br)ccc1F. The highest BCUT2D eigenvalue weighted by molar-refractivity contribution is 9.10. The van der Waals surface area contributed by atoms with Crippen LogP contribution in [-0.2, 0) is 4.79 Å². The molecule has 166 valence electrons. The second-order valence-corrected chi connectivity index (χ2v) is 8.90. The quantitative estimate of drug-likeness (QED) is 0.198. The first-order chi connectivity index (χ1) is 16.0. The summed E-state index contributed by atoms with van der Waals surface area (Å²) in [7, 11) is 0. The van der Waals surface area contributed by atoms with Gasteiger partial charge in [0.1, 0.15) is 5.82 Å². The average Bonchev–Trinajstić information content (AvgIpc) is 3.25. The largest absolute Gasteiger partial charge is 0.272 e. The van der Waals surface area contributed by atoms with Gasteiger partial charge in [0.05, 0.1) is 12.0 Å². The van der Waals surface area contributed by atoms with E-state index in [1.165, 1.54) is 24.0 Å². The van der Waals surface area contributed by atoms with Gasteiger partial charge in [0.2, 0.25) is 0 Å². The minimum Gasteiger partial charge on any atom is -0.272 e. The van der Waals surface area contributed by atoms with E-state index in [0.717, 1.165) is 11.3 Å². The van der Waals surface area contributed by atoms with Crippen molar-refractivity contribution in [1.82, 2.24) is 25.2 Å². The maximum atomic E-state index is 13.8. The Morgan fingerprint density at radius 2 is 1.91 bits per heavy atom. The van der Waals surface area contributed by atoms with E-state index in [-0.39, 0.29) is 17.2 Å². The number of carbonyl (C=O) groups is 1. The summed E-state index contributed by atoms with van der Waals surface area (Å²) in [6.07, 6.45) is 4.59. The minimum absolute atomic E-state index is 0.0281. The molecule has 7 nitrogen and oxygen atoms in total. The van der Waals surface area contributed by atoms with E-state index in [0.29, 0.717) is 20.5 Å². The summed E-state index contributed by atoms with van der Waals surface area (Å²) >= 11 is 10.5. The number of carbonyl (C=O) groups excluding carboxylic acids is 1. The van der Waals surface area contributed by atoms with Crippen molar-refractivity contribution in [3.05, 3.63) is 87.9 Å². The van der Waals surface area contributed by atoms with Crippen LogP contribution in [0.3, 0.4) is 0 Å². The normalized spacial score (nSPS) is 11.1. The summed E-state index contributed by atoms with van der Waals surface area (Å²) in [5, 5.41) is 13.5. The molecule has 4 aromatic rings. The monoisotopic (exact) mass is 544 g/mol. The van der Waals surface area contributed by atoms with Gasteiger partial charge in [0.25, 0.3) is 5.91 Å². The van der Waals surface area contributed by atoms with Gasteiger partial charge in [-0.1, -0.05) is 39.3 Å². The second kappa shape index (κ2) is 10.7. The van der Waals surface area contributed by atoms with Crippen LogP contribution in [0, 0.1) is 5.82 Å². The molecule has 4 rings (SSSR count). The fourth-order valence-electron chi connectivity index (χ4n) is 2.82. The first-order valence-electron chi connectivity index (χ1n) is 9.53. The lowest BCUT2D eigenvalue weighted by atomic mass is 10.2. The molecular formula is C22H15BrClFN6OS. The molecule has 2 aromatic carbocycles. The molecule has 0 unspecified atom stereocenters. The number of pyridine rings is 1. The van der Waals surface area contributed by atoms with Gasteiger partial charge in [-0.25, -0.2) is 9.82 Å².